The molecule has 4 nitrogen and oxygen atoms in total. The standard InChI is InChI=1S/C14H16O4/c1-17-12-3-4-13(14(8-12)18-2)9-5-10(15)7-11(16)6-9/h3-4,8-9H,5-7H2,1-2H3. The SMILES string of the molecule is COc1ccc(C2CC(=O)CC(=O)C2)c(OC)c1. The molecule has 4 heteroatoms. The minimum atomic E-state index is -0.0698. The second-order valence-electron chi connectivity index (χ2n) is 4.47. The number of carbonyl (C=O) groups is 2. The van der Waals surface area contributed by atoms with Crippen LogP contribution >= 0.6 is 0 Å². The van der Waals surface area contributed by atoms with E-state index in [9.17, 15) is 9.59 Å². The van der Waals surface area contributed by atoms with Crippen LogP contribution in [0.2, 0.25) is 0 Å². The van der Waals surface area contributed by atoms with E-state index in [0.717, 1.165) is 5.56 Å². The molecule has 0 bridgehead atoms. The first kappa shape index (κ1) is 12.6. The van der Waals surface area contributed by atoms with Gasteiger partial charge in [-0.2, -0.15) is 0 Å². The number of benzene rings is 1. The van der Waals surface area contributed by atoms with E-state index in [4.69, 9.17) is 9.47 Å². The smallest absolute Gasteiger partial charge is 0.140 e. The molecule has 0 atom stereocenters. The zero-order valence-corrected chi connectivity index (χ0v) is 10.6. The number of methoxy groups -OCH3 is 2. The van der Waals surface area contributed by atoms with E-state index in [1.165, 1.54) is 0 Å². The Balaban J connectivity index is 2.32. The van der Waals surface area contributed by atoms with Gasteiger partial charge in [-0.25, -0.2) is 0 Å². The van der Waals surface area contributed by atoms with Crippen molar-refractivity contribution >= 4 is 11.6 Å². The average molecular weight is 248 g/mol. The van der Waals surface area contributed by atoms with Gasteiger partial charge < -0.3 is 9.47 Å². The Morgan fingerprint density at radius 1 is 1.06 bits per heavy atom. The summed E-state index contributed by atoms with van der Waals surface area (Å²) >= 11 is 0. The number of carbonyl (C=O) groups excluding carboxylic acids is 2. The number of ether oxygens (including phenoxy) is 2. The summed E-state index contributed by atoms with van der Waals surface area (Å²) in [7, 11) is 3.16. The Hall–Kier alpha value is -1.84. The monoisotopic (exact) mass is 248 g/mol. The molecule has 1 saturated carbocycles. The Morgan fingerprint density at radius 2 is 1.72 bits per heavy atom. The summed E-state index contributed by atoms with van der Waals surface area (Å²) in [6.45, 7) is 0. The molecule has 1 fully saturated rings. The Labute approximate surface area is 106 Å². The fraction of sp³-hybridized carbons (Fsp3) is 0.429. The van der Waals surface area contributed by atoms with Crippen molar-refractivity contribution in [3.63, 3.8) is 0 Å². The molecule has 0 saturated heterocycles. The minimum Gasteiger partial charge on any atom is -0.497 e. The van der Waals surface area contributed by atoms with E-state index in [1.807, 2.05) is 12.1 Å². The highest BCUT2D eigenvalue weighted by Gasteiger charge is 2.28. The molecule has 0 radical (unpaired) electrons. The lowest BCUT2D eigenvalue weighted by molar-refractivity contribution is -0.130. The van der Waals surface area contributed by atoms with E-state index in [0.29, 0.717) is 24.3 Å². The molecule has 96 valence electrons. The molecule has 2 rings (SSSR count). The highest BCUT2D eigenvalue weighted by molar-refractivity contribution is 6.02. The Bertz CT molecular complexity index is 463. The normalized spacial score (nSPS) is 16.8. The molecule has 0 amide bonds. The molecule has 0 spiro atoms. The molecule has 1 aromatic carbocycles. The molecule has 0 unspecified atom stereocenters. The van der Waals surface area contributed by atoms with Gasteiger partial charge in [0.05, 0.1) is 20.6 Å². The molecular weight excluding hydrogens is 232 g/mol. The maximum absolute atomic E-state index is 11.5. The van der Waals surface area contributed by atoms with Crippen molar-refractivity contribution < 1.29 is 19.1 Å². The third kappa shape index (κ3) is 2.53. The highest BCUT2D eigenvalue weighted by atomic mass is 16.5. The van der Waals surface area contributed by atoms with Crippen LogP contribution in [-0.2, 0) is 9.59 Å². The lowest BCUT2D eigenvalue weighted by Crippen LogP contribution is -2.21. The van der Waals surface area contributed by atoms with Crippen LogP contribution in [0.25, 0.3) is 0 Å². The fourth-order valence-corrected chi connectivity index (χ4v) is 2.36. The molecule has 0 N–H and O–H groups in total. The first-order valence-electron chi connectivity index (χ1n) is 5.89. The minimum absolute atomic E-state index is 0.00845. The van der Waals surface area contributed by atoms with E-state index < -0.39 is 0 Å². The van der Waals surface area contributed by atoms with Gasteiger partial charge in [0.1, 0.15) is 23.1 Å². The van der Waals surface area contributed by atoms with Gasteiger partial charge in [-0.3, -0.25) is 9.59 Å². The summed E-state index contributed by atoms with van der Waals surface area (Å²) in [4.78, 5) is 23.0. The van der Waals surface area contributed by atoms with Crippen molar-refractivity contribution in [1.82, 2.24) is 0 Å². The predicted molar refractivity (Wildman–Crippen MR) is 66.2 cm³/mol. The second-order valence-corrected chi connectivity index (χ2v) is 4.47. The van der Waals surface area contributed by atoms with Crippen LogP contribution in [0.4, 0.5) is 0 Å². The molecule has 0 aliphatic heterocycles. The summed E-state index contributed by atoms with van der Waals surface area (Å²) in [6.07, 6.45) is 0.901. The van der Waals surface area contributed by atoms with Gasteiger partial charge in [0.25, 0.3) is 0 Å². The molecule has 18 heavy (non-hydrogen) atoms. The maximum atomic E-state index is 11.5. The van der Waals surface area contributed by atoms with Crippen molar-refractivity contribution in [1.29, 1.82) is 0 Å². The maximum Gasteiger partial charge on any atom is 0.140 e. The molecule has 1 aromatic rings. The molecule has 1 aliphatic carbocycles. The van der Waals surface area contributed by atoms with Crippen LogP contribution in [0.1, 0.15) is 30.7 Å². The van der Waals surface area contributed by atoms with Crippen molar-refractivity contribution in [3.05, 3.63) is 23.8 Å². The average Bonchev–Trinajstić information content (AvgIpc) is 2.36. The third-order valence-electron chi connectivity index (χ3n) is 3.22. The first-order chi connectivity index (χ1) is 8.63. The van der Waals surface area contributed by atoms with Crippen LogP contribution in [0.5, 0.6) is 11.5 Å². The lowest BCUT2D eigenvalue weighted by Gasteiger charge is -2.22. The van der Waals surface area contributed by atoms with E-state index in [1.54, 1.807) is 20.3 Å². The van der Waals surface area contributed by atoms with Gasteiger partial charge in [0.15, 0.2) is 0 Å². The molecule has 1 aliphatic rings. The van der Waals surface area contributed by atoms with Crippen molar-refractivity contribution in [2.75, 3.05) is 14.2 Å². The summed E-state index contributed by atoms with van der Waals surface area (Å²) < 4.78 is 10.4. The van der Waals surface area contributed by atoms with Crippen LogP contribution in [0.15, 0.2) is 18.2 Å². The van der Waals surface area contributed by atoms with E-state index in [2.05, 4.69) is 0 Å². The number of hydrogen-bond donors (Lipinski definition) is 0. The van der Waals surface area contributed by atoms with Crippen molar-refractivity contribution in [2.24, 2.45) is 0 Å². The van der Waals surface area contributed by atoms with Gasteiger partial charge >= 0.3 is 0 Å². The van der Waals surface area contributed by atoms with Crippen molar-refractivity contribution in [3.8, 4) is 11.5 Å². The number of hydrogen-bond acceptors (Lipinski definition) is 4. The first-order valence-corrected chi connectivity index (χ1v) is 5.89. The molecule has 0 heterocycles. The van der Waals surface area contributed by atoms with Crippen LogP contribution in [-0.4, -0.2) is 25.8 Å². The van der Waals surface area contributed by atoms with Gasteiger partial charge in [0, 0.05) is 24.8 Å². The summed E-state index contributed by atoms with van der Waals surface area (Å²) in [5.41, 5.74) is 0.903. The van der Waals surface area contributed by atoms with E-state index >= 15 is 0 Å². The topological polar surface area (TPSA) is 52.6 Å². The highest BCUT2D eigenvalue weighted by Crippen LogP contribution is 2.36. The van der Waals surface area contributed by atoms with Gasteiger partial charge in [-0.15, -0.1) is 0 Å². The summed E-state index contributed by atoms with van der Waals surface area (Å²) in [6, 6.07) is 5.47. The van der Waals surface area contributed by atoms with Gasteiger partial charge in [-0.1, -0.05) is 6.07 Å². The molecule has 0 aromatic heterocycles. The van der Waals surface area contributed by atoms with Gasteiger partial charge in [-0.05, 0) is 11.6 Å². The van der Waals surface area contributed by atoms with Gasteiger partial charge in [0.2, 0.25) is 0 Å². The van der Waals surface area contributed by atoms with Crippen molar-refractivity contribution in [2.45, 2.75) is 25.2 Å². The fourth-order valence-electron chi connectivity index (χ4n) is 2.36. The van der Waals surface area contributed by atoms with Crippen LogP contribution in [0.3, 0.4) is 0 Å². The Morgan fingerprint density at radius 3 is 2.28 bits per heavy atom. The van der Waals surface area contributed by atoms with Crippen LogP contribution < -0.4 is 9.47 Å². The predicted octanol–water partition coefficient (Wildman–Crippen LogP) is 2.11. The number of Topliss-reactive ketones (excluding diaryl/α,β-unsaturated/α-hetero) is 2. The van der Waals surface area contributed by atoms with E-state index in [-0.39, 0.29) is 23.9 Å². The molecular formula is C14H16O4. The van der Waals surface area contributed by atoms with Crippen LogP contribution in [0, 0.1) is 0 Å². The Kier molecular flexibility index (Phi) is 3.65. The second kappa shape index (κ2) is 5.21. The number of rotatable bonds is 3. The largest absolute Gasteiger partial charge is 0.497 e. The number of ketones is 2. The summed E-state index contributed by atoms with van der Waals surface area (Å²) in [5.74, 6) is 1.31. The zero-order valence-electron chi connectivity index (χ0n) is 10.6. The quantitative estimate of drug-likeness (QED) is 0.769. The third-order valence-corrected chi connectivity index (χ3v) is 3.22. The lowest BCUT2D eigenvalue weighted by atomic mass is 9.82. The summed E-state index contributed by atoms with van der Waals surface area (Å²) in [5, 5.41) is 0. The zero-order chi connectivity index (χ0) is 13.1.